The molecule has 0 amide bonds. The lowest BCUT2D eigenvalue weighted by molar-refractivity contribution is -0.387. The van der Waals surface area contributed by atoms with E-state index in [9.17, 15) is 18.9 Å². The topological polar surface area (TPSA) is 65.3 Å². The fraction of sp³-hybridized carbons (Fsp3) is 0.0833. The molecule has 0 aliphatic rings. The standard InChI is InChI=1S/C12H8F2N2O3/c13-10-5-8(1-3-11(10)16(17)18)7-19-9-2-4-12(14)15-6-9/h1-6H,7H2. The highest BCUT2D eigenvalue weighted by atomic mass is 19.1. The number of nitrogens with zero attached hydrogens (tertiary/aromatic N) is 2. The van der Waals surface area contributed by atoms with Gasteiger partial charge in [0, 0.05) is 6.07 Å². The molecule has 0 fully saturated rings. The molecule has 0 unspecified atom stereocenters. The van der Waals surface area contributed by atoms with Crippen LogP contribution in [-0.2, 0) is 6.61 Å². The van der Waals surface area contributed by atoms with Crippen molar-refractivity contribution in [2.75, 3.05) is 0 Å². The molecule has 0 aliphatic carbocycles. The maximum Gasteiger partial charge on any atom is 0.304 e. The molecule has 0 spiro atoms. The van der Waals surface area contributed by atoms with E-state index in [-0.39, 0.29) is 6.61 Å². The summed E-state index contributed by atoms with van der Waals surface area (Å²) in [6.07, 6.45) is 1.19. The van der Waals surface area contributed by atoms with Gasteiger partial charge in [0.2, 0.25) is 11.8 Å². The van der Waals surface area contributed by atoms with Gasteiger partial charge in [0.15, 0.2) is 0 Å². The van der Waals surface area contributed by atoms with Crippen LogP contribution in [0.1, 0.15) is 5.56 Å². The molecule has 0 radical (unpaired) electrons. The molecule has 19 heavy (non-hydrogen) atoms. The van der Waals surface area contributed by atoms with Gasteiger partial charge in [0.25, 0.3) is 0 Å². The van der Waals surface area contributed by atoms with E-state index >= 15 is 0 Å². The Morgan fingerprint density at radius 2 is 2.05 bits per heavy atom. The summed E-state index contributed by atoms with van der Waals surface area (Å²) in [7, 11) is 0. The first-order valence-electron chi connectivity index (χ1n) is 5.23. The minimum absolute atomic E-state index is 0.00221. The zero-order valence-corrected chi connectivity index (χ0v) is 9.55. The van der Waals surface area contributed by atoms with Crippen LogP contribution in [0, 0.1) is 21.9 Å². The Balaban J connectivity index is 2.06. The molecule has 0 bridgehead atoms. The van der Waals surface area contributed by atoms with E-state index < -0.39 is 22.4 Å². The largest absolute Gasteiger partial charge is 0.487 e. The maximum absolute atomic E-state index is 13.3. The van der Waals surface area contributed by atoms with Crippen molar-refractivity contribution in [2.45, 2.75) is 6.61 Å². The number of hydrogen-bond donors (Lipinski definition) is 0. The van der Waals surface area contributed by atoms with E-state index in [1.54, 1.807) is 0 Å². The highest BCUT2D eigenvalue weighted by Crippen LogP contribution is 2.19. The van der Waals surface area contributed by atoms with Crippen molar-refractivity contribution < 1.29 is 18.4 Å². The van der Waals surface area contributed by atoms with Crippen LogP contribution in [-0.4, -0.2) is 9.91 Å². The average Bonchev–Trinajstić information content (AvgIpc) is 2.37. The highest BCUT2D eigenvalue weighted by Gasteiger charge is 2.13. The zero-order valence-electron chi connectivity index (χ0n) is 9.55. The summed E-state index contributed by atoms with van der Waals surface area (Å²) in [5, 5.41) is 10.4. The normalized spacial score (nSPS) is 10.2. The minimum Gasteiger partial charge on any atom is -0.487 e. The molecule has 5 nitrogen and oxygen atoms in total. The Morgan fingerprint density at radius 3 is 2.63 bits per heavy atom. The van der Waals surface area contributed by atoms with E-state index in [2.05, 4.69) is 4.98 Å². The van der Waals surface area contributed by atoms with Crippen LogP contribution in [0.2, 0.25) is 0 Å². The predicted octanol–water partition coefficient (Wildman–Crippen LogP) is 2.85. The molecule has 0 N–H and O–H groups in total. The summed E-state index contributed by atoms with van der Waals surface area (Å²) >= 11 is 0. The fourth-order valence-corrected chi connectivity index (χ4v) is 1.40. The Kier molecular flexibility index (Phi) is 3.65. The molecule has 2 rings (SSSR count). The van der Waals surface area contributed by atoms with Crippen LogP contribution in [0.5, 0.6) is 5.75 Å². The molecule has 1 aromatic heterocycles. The van der Waals surface area contributed by atoms with Crippen molar-refractivity contribution in [2.24, 2.45) is 0 Å². The van der Waals surface area contributed by atoms with Gasteiger partial charge in [-0.25, -0.2) is 4.98 Å². The van der Waals surface area contributed by atoms with Crippen molar-refractivity contribution in [1.82, 2.24) is 4.98 Å². The number of rotatable bonds is 4. The molecule has 1 aromatic carbocycles. The number of benzene rings is 1. The number of hydrogen-bond acceptors (Lipinski definition) is 4. The Hall–Kier alpha value is -2.57. The van der Waals surface area contributed by atoms with Crippen molar-refractivity contribution in [1.29, 1.82) is 0 Å². The predicted molar refractivity (Wildman–Crippen MR) is 61.6 cm³/mol. The number of nitro benzene ring substituents is 1. The van der Waals surface area contributed by atoms with Crippen LogP contribution in [0.15, 0.2) is 36.5 Å². The van der Waals surface area contributed by atoms with Crippen LogP contribution >= 0.6 is 0 Å². The van der Waals surface area contributed by atoms with Crippen LogP contribution in [0.3, 0.4) is 0 Å². The molecule has 0 aliphatic heterocycles. The van der Waals surface area contributed by atoms with E-state index in [1.165, 1.54) is 18.3 Å². The van der Waals surface area contributed by atoms with Crippen molar-refractivity contribution in [3.8, 4) is 5.75 Å². The Morgan fingerprint density at radius 1 is 1.26 bits per heavy atom. The summed E-state index contributed by atoms with van der Waals surface area (Å²) in [5.74, 6) is -1.24. The molecule has 98 valence electrons. The van der Waals surface area contributed by atoms with Gasteiger partial charge < -0.3 is 4.74 Å². The van der Waals surface area contributed by atoms with Gasteiger partial charge in [-0.2, -0.15) is 8.78 Å². The smallest absolute Gasteiger partial charge is 0.304 e. The first-order valence-corrected chi connectivity index (χ1v) is 5.23. The first kappa shape index (κ1) is 12.9. The second-order valence-corrected chi connectivity index (χ2v) is 3.65. The molecule has 0 saturated heterocycles. The average molecular weight is 266 g/mol. The maximum atomic E-state index is 13.3. The second kappa shape index (κ2) is 5.38. The molecular formula is C12H8F2N2O3. The third-order valence-corrected chi connectivity index (χ3v) is 2.31. The van der Waals surface area contributed by atoms with Crippen LogP contribution < -0.4 is 4.74 Å². The van der Waals surface area contributed by atoms with Gasteiger partial charge in [-0.3, -0.25) is 10.1 Å². The van der Waals surface area contributed by atoms with E-state index in [1.807, 2.05) is 0 Å². The summed E-state index contributed by atoms with van der Waals surface area (Å²) in [6, 6.07) is 5.99. The molecule has 7 heteroatoms. The van der Waals surface area contributed by atoms with E-state index in [4.69, 9.17) is 4.74 Å². The number of aromatic nitrogens is 1. The summed E-state index contributed by atoms with van der Waals surface area (Å²) in [6.45, 7) is 0.00221. The van der Waals surface area contributed by atoms with E-state index in [0.717, 1.165) is 18.2 Å². The quantitative estimate of drug-likeness (QED) is 0.485. The molecule has 0 atom stereocenters. The first-order chi connectivity index (χ1) is 9.06. The number of ether oxygens (including phenoxy) is 1. The zero-order chi connectivity index (χ0) is 13.8. The third kappa shape index (κ3) is 3.21. The van der Waals surface area contributed by atoms with Crippen LogP contribution in [0.25, 0.3) is 0 Å². The van der Waals surface area contributed by atoms with Gasteiger partial charge in [0.05, 0.1) is 11.1 Å². The lowest BCUT2D eigenvalue weighted by Crippen LogP contribution is -1.99. The van der Waals surface area contributed by atoms with Gasteiger partial charge in [0.1, 0.15) is 12.4 Å². The van der Waals surface area contributed by atoms with Crippen molar-refractivity contribution >= 4 is 5.69 Å². The SMILES string of the molecule is O=[N+]([O-])c1ccc(COc2ccc(F)nc2)cc1F. The molecule has 2 aromatic rings. The second-order valence-electron chi connectivity index (χ2n) is 3.65. The van der Waals surface area contributed by atoms with Crippen LogP contribution in [0.4, 0.5) is 14.5 Å². The number of halogens is 2. The summed E-state index contributed by atoms with van der Waals surface area (Å²) in [4.78, 5) is 13.0. The lowest BCUT2D eigenvalue weighted by Gasteiger charge is -2.05. The Labute approximate surface area is 106 Å². The Bertz CT molecular complexity index is 602. The van der Waals surface area contributed by atoms with Crippen molar-refractivity contribution in [3.63, 3.8) is 0 Å². The summed E-state index contributed by atoms with van der Waals surface area (Å²) in [5.41, 5.74) is -0.167. The number of nitro groups is 1. The third-order valence-electron chi connectivity index (χ3n) is 2.31. The van der Waals surface area contributed by atoms with E-state index in [0.29, 0.717) is 11.3 Å². The highest BCUT2D eigenvalue weighted by molar-refractivity contribution is 5.35. The van der Waals surface area contributed by atoms with Crippen molar-refractivity contribution in [3.05, 3.63) is 64.0 Å². The minimum atomic E-state index is -0.927. The van der Waals surface area contributed by atoms with Gasteiger partial charge in [-0.1, -0.05) is 0 Å². The summed E-state index contributed by atoms with van der Waals surface area (Å²) < 4.78 is 31.1. The molecule has 1 heterocycles. The fourth-order valence-electron chi connectivity index (χ4n) is 1.40. The van der Waals surface area contributed by atoms with Gasteiger partial charge in [-0.05, 0) is 29.8 Å². The van der Waals surface area contributed by atoms with Gasteiger partial charge >= 0.3 is 5.69 Å². The monoisotopic (exact) mass is 266 g/mol. The lowest BCUT2D eigenvalue weighted by atomic mass is 10.2. The number of pyridine rings is 1. The van der Waals surface area contributed by atoms with Gasteiger partial charge in [-0.15, -0.1) is 0 Å². The molecular weight excluding hydrogens is 258 g/mol. The molecule has 0 saturated carbocycles.